The van der Waals surface area contributed by atoms with Gasteiger partial charge in [-0.05, 0) is 13.5 Å². The second-order valence-corrected chi connectivity index (χ2v) is 3.62. The zero-order chi connectivity index (χ0) is 9.68. The number of aliphatic hydroxyl groups excluding tert-OH is 1. The molecule has 1 saturated heterocycles. The molecular formula is C9H20N2O2. The number of ether oxygens (including phenoxy) is 1. The fourth-order valence-electron chi connectivity index (χ4n) is 1.75. The maximum absolute atomic E-state index is 9.52. The van der Waals surface area contributed by atoms with Gasteiger partial charge in [0.25, 0.3) is 0 Å². The summed E-state index contributed by atoms with van der Waals surface area (Å²) >= 11 is 0. The van der Waals surface area contributed by atoms with Gasteiger partial charge in [-0.2, -0.15) is 0 Å². The molecule has 0 aromatic rings. The van der Waals surface area contributed by atoms with E-state index in [-0.39, 0.29) is 6.10 Å². The fourth-order valence-corrected chi connectivity index (χ4v) is 1.75. The molecule has 2 unspecified atom stereocenters. The van der Waals surface area contributed by atoms with Crippen LogP contribution in [0.4, 0.5) is 0 Å². The molecule has 0 bridgehead atoms. The topological polar surface area (TPSA) is 44.7 Å². The molecule has 4 heteroatoms. The van der Waals surface area contributed by atoms with Crippen molar-refractivity contribution >= 4 is 0 Å². The molecule has 0 spiro atoms. The maximum Gasteiger partial charge on any atom is 0.0791 e. The van der Waals surface area contributed by atoms with Gasteiger partial charge in [0.05, 0.1) is 12.2 Å². The van der Waals surface area contributed by atoms with Gasteiger partial charge in [-0.1, -0.05) is 0 Å². The number of β-amino-alcohol motifs (C(OH)–C–C–N with tert-alkyl or cyclic N) is 1. The molecule has 1 fully saturated rings. The molecule has 78 valence electrons. The van der Waals surface area contributed by atoms with E-state index in [9.17, 15) is 5.11 Å². The lowest BCUT2D eigenvalue weighted by Gasteiger charge is -2.19. The van der Waals surface area contributed by atoms with Crippen molar-refractivity contribution in [3.05, 3.63) is 0 Å². The molecule has 1 heterocycles. The molecule has 13 heavy (non-hydrogen) atoms. The summed E-state index contributed by atoms with van der Waals surface area (Å²) in [6, 6.07) is 0. The van der Waals surface area contributed by atoms with Crippen LogP contribution in [0.5, 0.6) is 0 Å². The Balaban J connectivity index is 2.16. The minimum atomic E-state index is -0.263. The zero-order valence-corrected chi connectivity index (χ0v) is 8.49. The van der Waals surface area contributed by atoms with Crippen molar-refractivity contribution in [3.8, 4) is 0 Å². The smallest absolute Gasteiger partial charge is 0.0791 e. The highest BCUT2D eigenvalue weighted by molar-refractivity contribution is 4.77. The number of rotatable bonds is 5. The van der Waals surface area contributed by atoms with Crippen LogP contribution in [0.3, 0.4) is 0 Å². The Morgan fingerprint density at radius 3 is 3.00 bits per heavy atom. The molecule has 1 aliphatic heterocycles. The monoisotopic (exact) mass is 188 g/mol. The SMILES string of the molecule is CNCC(O)CN1CCC(OC)C1. The van der Waals surface area contributed by atoms with Crippen LogP contribution in [-0.2, 0) is 4.74 Å². The molecule has 0 aliphatic carbocycles. The Hall–Kier alpha value is -0.160. The van der Waals surface area contributed by atoms with E-state index < -0.39 is 0 Å². The lowest BCUT2D eigenvalue weighted by Crippen LogP contribution is -2.36. The number of likely N-dealkylation sites (tertiary alicyclic amines) is 1. The second-order valence-electron chi connectivity index (χ2n) is 3.62. The zero-order valence-electron chi connectivity index (χ0n) is 8.49. The molecule has 0 aromatic carbocycles. The number of nitrogens with one attached hydrogen (secondary N) is 1. The summed E-state index contributed by atoms with van der Waals surface area (Å²) in [6.07, 6.45) is 1.19. The summed E-state index contributed by atoms with van der Waals surface area (Å²) in [4.78, 5) is 2.25. The molecule has 4 nitrogen and oxygen atoms in total. The summed E-state index contributed by atoms with van der Waals surface area (Å²) in [6.45, 7) is 3.41. The summed E-state index contributed by atoms with van der Waals surface area (Å²) in [5, 5.41) is 12.5. The summed E-state index contributed by atoms with van der Waals surface area (Å²) in [5.74, 6) is 0. The van der Waals surface area contributed by atoms with Gasteiger partial charge in [0.15, 0.2) is 0 Å². The van der Waals surface area contributed by atoms with Crippen molar-refractivity contribution in [2.75, 3.05) is 40.3 Å². The van der Waals surface area contributed by atoms with Gasteiger partial charge in [0, 0.05) is 33.3 Å². The van der Waals surface area contributed by atoms with Crippen molar-refractivity contribution in [3.63, 3.8) is 0 Å². The molecule has 2 atom stereocenters. The second kappa shape index (κ2) is 5.54. The van der Waals surface area contributed by atoms with Crippen molar-refractivity contribution in [2.24, 2.45) is 0 Å². The first-order valence-electron chi connectivity index (χ1n) is 4.84. The first kappa shape index (κ1) is 10.9. The van der Waals surface area contributed by atoms with E-state index in [1.54, 1.807) is 7.11 Å². The van der Waals surface area contributed by atoms with E-state index in [4.69, 9.17) is 4.74 Å². The third-order valence-electron chi connectivity index (χ3n) is 2.47. The van der Waals surface area contributed by atoms with Gasteiger partial charge in [-0.25, -0.2) is 0 Å². The van der Waals surface area contributed by atoms with Crippen molar-refractivity contribution < 1.29 is 9.84 Å². The number of methoxy groups -OCH3 is 1. The maximum atomic E-state index is 9.52. The number of hydrogen-bond acceptors (Lipinski definition) is 4. The van der Waals surface area contributed by atoms with E-state index in [0.29, 0.717) is 12.6 Å². The standard InChI is InChI=1S/C9H20N2O2/c1-10-5-8(12)6-11-4-3-9(7-11)13-2/h8-10,12H,3-7H2,1-2H3. The van der Waals surface area contributed by atoms with Crippen LogP contribution in [0.1, 0.15) is 6.42 Å². The normalized spacial score (nSPS) is 26.5. The Kier molecular flexibility index (Phi) is 4.66. The Bertz CT molecular complexity index is 144. The lowest BCUT2D eigenvalue weighted by molar-refractivity contribution is 0.0901. The Morgan fingerprint density at radius 1 is 1.69 bits per heavy atom. The van der Waals surface area contributed by atoms with E-state index in [0.717, 1.165) is 26.1 Å². The number of nitrogens with zero attached hydrogens (tertiary/aromatic N) is 1. The molecule has 0 saturated carbocycles. The minimum absolute atomic E-state index is 0.263. The third kappa shape index (κ3) is 3.60. The van der Waals surface area contributed by atoms with Crippen LogP contribution in [0.25, 0.3) is 0 Å². The summed E-state index contributed by atoms with van der Waals surface area (Å²) in [5.41, 5.74) is 0. The van der Waals surface area contributed by atoms with Gasteiger partial charge in [0.2, 0.25) is 0 Å². The average molecular weight is 188 g/mol. The quantitative estimate of drug-likeness (QED) is 0.598. The lowest BCUT2D eigenvalue weighted by atomic mass is 10.3. The van der Waals surface area contributed by atoms with Gasteiger partial charge < -0.3 is 15.2 Å². The van der Waals surface area contributed by atoms with Crippen LogP contribution in [0.15, 0.2) is 0 Å². The molecule has 0 amide bonds. The van der Waals surface area contributed by atoms with Crippen LogP contribution >= 0.6 is 0 Å². The molecule has 1 aliphatic rings. The average Bonchev–Trinajstić information content (AvgIpc) is 2.52. The Labute approximate surface area is 79.9 Å². The highest BCUT2D eigenvalue weighted by Gasteiger charge is 2.23. The predicted molar refractivity (Wildman–Crippen MR) is 51.8 cm³/mol. The van der Waals surface area contributed by atoms with Crippen LogP contribution in [0.2, 0.25) is 0 Å². The molecule has 2 N–H and O–H groups in total. The van der Waals surface area contributed by atoms with E-state index in [1.165, 1.54) is 0 Å². The van der Waals surface area contributed by atoms with Gasteiger partial charge in [0.1, 0.15) is 0 Å². The molecule has 1 rings (SSSR count). The van der Waals surface area contributed by atoms with Crippen LogP contribution in [-0.4, -0.2) is 62.6 Å². The number of likely N-dealkylation sites (N-methyl/N-ethyl adjacent to an activating group) is 1. The van der Waals surface area contributed by atoms with E-state index in [1.807, 2.05) is 7.05 Å². The summed E-state index contributed by atoms with van der Waals surface area (Å²) in [7, 11) is 3.60. The van der Waals surface area contributed by atoms with E-state index in [2.05, 4.69) is 10.2 Å². The molecule has 0 aromatic heterocycles. The third-order valence-corrected chi connectivity index (χ3v) is 2.47. The fraction of sp³-hybridized carbons (Fsp3) is 1.00. The highest BCUT2D eigenvalue weighted by Crippen LogP contribution is 2.11. The number of hydrogen-bond donors (Lipinski definition) is 2. The van der Waals surface area contributed by atoms with E-state index >= 15 is 0 Å². The van der Waals surface area contributed by atoms with Crippen molar-refractivity contribution in [1.29, 1.82) is 0 Å². The van der Waals surface area contributed by atoms with Crippen LogP contribution < -0.4 is 5.32 Å². The minimum Gasteiger partial charge on any atom is -0.390 e. The first-order chi connectivity index (χ1) is 6.26. The van der Waals surface area contributed by atoms with Crippen molar-refractivity contribution in [2.45, 2.75) is 18.6 Å². The Morgan fingerprint density at radius 2 is 2.46 bits per heavy atom. The van der Waals surface area contributed by atoms with Gasteiger partial charge >= 0.3 is 0 Å². The van der Waals surface area contributed by atoms with Crippen LogP contribution in [0, 0.1) is 0 Å². The van der Waals surface area contributed by atoms with Gasteiger partial charge in [-0.15, -0.1) is 0 Å². The largest absolute Gasteiger partial charge is 0.390 e. The van der Waals surface area contributed by atoms with Gasteiger partial charge in [-0.3, -0.25) is 4.90 Å². The molecular weight excluding hydrogens is 168 g/mol. The first-order valence-corrected chi connectivity index (χ1v) is 4.84. The summed E-state index contributed by atoms with van der Waals surface area (Å²) < 4.78 is 5.24. The van der Waals surface area contributed by atoms with Crippen molar-refractivity contribution in [1.82, 2.24) is 10.2 Å². The number of aliphatic hydroxyl groups is 1. The highest BCUT2D eigenvalue weighted by atomic mass is 16.5. The molecule has 0 radical (unpaired) electrons. The predicted octanol–water partition coefficient (Wildman–Crippen LogP) is -0.713.